The molecule has 0 spiro atoms. The van der Waals surface area contributed by atoms with Crippen LogP contribution < -0.4 is 5.32 Å². The first-order valence-electron chi connectivity index (χ1n) is 6.30. The van der Waals surface area contributed by atoms with Crippen LogP contribution >= 0.6 is 22.9 Å². The Morgan fingerprint density at radius 2 is 2.32 bits per heavy atom. The normalized spacial score (nSPS) is 20.4. The summed E-state index contributed by atoms with van der Waals surface area (Å²) in [6.07, 6.45) is -0.250. The average Bonchev–Trinajstić information content (AvgIpc) is 2.74. The lowest BCUT2D eigenvalue weighted by atomic mass is 10.1. The van der Waals surface area contributed by atoms with Gasteiger partial charge in [-0.3, -0.25) is 0 Å². The van der Waals surface area contributed by atoms with Crippen LogP contribution in [0, 0.1) is 0 Å². The van der Waals surface area contributed by atoms with E-state index in [0.29, 0.717) is 13.1 Å². The molecule has 1 aromatic rings. The van der Waals surface area contributed by atoms with Gasteiger partial charge in [-0.2, -0.15) is 0 Å². The van der Waals surface area contributed by atoms with Crippen molar-refractivity contribution in [2.75, 3.05) is 19.6 Å². The lowest BCUT2D eigenvalue weighted by Gasteiger charge is -2.34. The smallest absolute Gasteiger partial charge is 0.410 e. The first-order valence-corrected chi connectivity index (χ1v) is 7.56. The third kappa shape index (κ3) is 4.09. The molecule has 1 amide bonds. The van der Waals surface area contributed by atoms with E-state index in [2.05, 4.69) is 5.32 Å². The van der Waals surface area contributed by atoms with Gasteiger partial charge in [-0.15, -0.1) is 11.3 Å². The molecule has 1 N–H and O–H groups in total. The molecule has 106 valence electrons. The topological polar surface area (TPSA) is 41.6 Å². The van der Waals surface area contributed by atoms with Crippen LogP contribution in [0.2, 0.25) is 4.34 Å². The molecule has 1 unspecified atom stereocenters. The minimum atomic E-state index is -0.455. The van der Waals surface area contributed by atoms with Crippen LogP contribution in [0.25, 0.3) is 0 Å². The number of amides is 1. The number of carbonyl (C=O) groups is 1. The number of rotatable bonds is 1. The van der Waals surface area contributed by atoms with Crippen molar-refractivity contribution in [2.45, 2.75) is 32.4 Å². The second kappa shape index (κ2) is 5.69. The summed E-state index contributed by atoms with van der Waals surface area (Å²) in [5.41, 5.74) is 0.673. The maximum atomic E-state index is 12.0. The summed E-state index contributed by atoms with van der Waals surface area (Å²) in [7, 11) is 0. The molecule has 1 saturated heterocycles. The Bertz CT molecular complexity index is 456. The number of nitrogens with zero attached hydrogens (tertiary/aromatic N) is 1. The second-order valence-corrected chi connectivity index (χ2v) is 7.16. The zero-order valence-corrected chi connectivity index (χ0v) is 13.0. The van der Waals surface area contributed by atoms with Gasteiger partial charge in [-0.1, -0.05) is 11.6 Å². The third-order valence-corrected chi connectivity index (χ3v) is 3.93. The van der Waals surface area contributed by atoms with Crippen LogP contribution in [0.1, 0.15) is 32.4 Å². The van der Waals surface area contributed by atoms with Crippen LogP contribution in [0.15, 0.2) is 11.4 Å². The van der Waals surface area contributed by atoms with E-state index < -0.39 is 5.60 Å². The minimum absolute atomic E-state index is 0.130. The van der Waals surface area contributed by atoms with E-state index in [9.17, 15) is 4.79 Å². The van der Waals surface area contributed by atoms with Crippen molar-refractivity contribution < 1.29 is 9.53 Å². The maximum Gasteiger partial charge on any atom is 0.410 e. The Hall–Kier alpha value is -0.780. The molecule has 19 heavy (non-hydrogen) atoms. The summed E-state index contributed by atoms with van der Waals surface area (Å²) in [6.45, 7) is 7.68. The summed E-state index contributed by atoms with van der Waals surface area (Å²) >= 11 is 7.46. The summed E-state index contributed by atoms with van der Waals surface area (Å²) in [5.74, 6) is 0. The fraction of sp³-hybridized carbons (Fsp3) is 0.615. The van der Waals surface area contributed by atoms with Gasteiger partial charge in [0.15, 0.2) is 0 Å². The van der Waals surface area contributed by atoms with Crippen molar-refractivity contribution in [3.8, 4) is 0 Å². The molecule has 0 radical (unpaired) electrons. The minimum Gasteiger partial charge on any atom is -0.444 e. The first-order chi connectivity index (χ1) is 8.85. The number of nitrogens with one attached hydrogen (secondary N) is 1. The molecule has 1 fully saturated rings. The highest BCUT2D eigenvalue weighted by Crippen LogP contribution is 2.27. The zero-order chi connectivity index (χ0) is 14.0. The third-order valence-electron chi connectivity index (χ3n) is 2.82. The molecular weight excluding hydrogens is 284 g/mol. The summed E-state index contributed by atoms with van der Waals surface area (Å²) in [4.78, 5) is 13.8. The molecule has 1 aliphatic heterocycles. The molecule has 0 aromatic carbocycles. The van der Waals surface area contributed by atoms with Gasteiger partial charge in [0.2, 0.25) is 0 Å². The second-order valence-electron chi connectivity index (χ2n) is 5.62. The number of hydrogen-bond acceptors (Lipinski definition) is 4. The Balaban J connectivity index is 1.99. The first kappa shape index (κ1) is 14.6. The highest BCUT2D eigenvalue weighted by molar-refractivity contribution is 7.14. The largest absolute Gasteiger partial charge is 0.444 e. The van der Waals surface area contributed by atoms with Crippen LogP contribution in [0.3, 0.4) is 0 Å². The molecule has 0 bridgehead atoms. The molecule has 4 nitrogen and oxygen atoms in total. The molecule has 0 saturated carbocycles. The number of piperazine rings is 1. The fourth-order valence-electron chi connectivity index (χ4n) is 1.97. The van der Waals surface area contributed by atoms with E-state index in [1.54, 1.807) is 4.90 Å². The Morgan fingerprint density at radius 3 is 2.89 bits per heavy atom. The number of ether oxygens (including phenoxy) is 1. The number of hydrogen-bond donors (Lipinski definition) is 1. The van der Waals surface area contributed by atoms with Gasteiger partial charge in [0.05, 0.1) is 10.4 Å². The molecule has 0 aliphatic carbocycles. The monoisotopic (exact) mass is 302 g/mol. The van der Waals surface area contributed by atoms with Crippen molar-refractivity contribution in [3.63, 3.8) is 0 Å². The van der Waals surface area contributed by atoms with Crippen LogP contribution in [-0.4, -0.2) is 36.2 Å². The SMILES string of the molecule is CC(C)(C)OC(=O)N1CCNC(c2csc(Cl)c2)C1. The predicted octanol–water partition coefficient (Wildman–Crippen LogP) is 3.28. The summed E-state index contributed by atoms with van der Waals surface area (Å²) in [6, 6.07) is 2.08. The van der Waals surface area contributed by atoms with Crippen LogP contribution in [0.4, 0.5) is 4.79 Å². The highest BCUT2D eigenvalue weighted by atomic mass is 35.5. The predicted molar refractivity (Wildman–Crippen MR) is 77.9 cm³/mol. The van der Waals surface area contributed by atoms with E-state index in [4.69, 9.17) is 16.3 Å². The Labute approximate surface area is 122 Å². The van der Waals surface area contributed by atoms with Crippen molar-refractivity contribution in [1.29, 1.82) is 0 Å². The molecule has 2 heterocycles. The van der Waals surface area contributed by atoms with Gasteiger partial charge < -0.3 is 15.0 Å². The number of carbonyl (C=O) groups excluding carboxylic acids is 1. The van der Waals surface area contributed by atoms with Crippen molar-refractivity contribution >= 4 is 29.0 Å². The van der Waals surface area contributed by atoms with Crippen LogP contribution in [-0.2, 0) is 4.74 Å². The maximum absolute atomic E-state index is 12.0. The summed E-state index contributed by atoms with van der Waals surface area (Å²) < 4.78 is 6.17. The molecular formula is C13H19ClN2O2S. The fourth-order valence-corrected chi connectivity index (χ4v) is 2.92. The summed E-state index contributed by atoms with van der Waals surface area (Å²) in [5, 5.41) is 5.42. The molecule has 6 heteroatoms. The Morgan fingerprint density at radius 1 is 1.58 bits per heavy atom. The van der Waals surface area contributed by atoms with Gasteiger partial charge in [0.25, 0.3) is 0 Å². The lowest BCUT2D eigenvalue weighted by Crippen LogP contribution is -2.49. The molecule has 1 atom stereocenters. The van der Waals surface area contributed by atoms with Gasteiger partial charge in [-0.05, 0) is 37.8 Å². The van der Waals surface area contributed by atoms with Gasteiger partial charge in [0.1, 0.15) is 5.60 Å². The van der Waals surface area contributed by atoms with Crippen LogP contribution in [0.5, 0.6) is 0 Å². The van der Waals surface area contributed by atoms with Gasteiger partial charge in [-0.25, -0.2) is 4.79 Å². The molecule has 1 aliphatic rings. The zero-order valence-electron chi connectivity index (χ0n) is 11.4. The van der Waals surface area contributed by atoms with E-state index in [1.165, 1.54) is 11.3 Å². The highest BCUT2D eigenvalue weighted by Gasteiger charge is 2.28. The Kier molecular flexibility index (Phi) is 4.38. The van der Waals surface area contributed by atoms with E-state index in [1.807, 2.05) is 32.2 Å². The van der Waals surface area contributed by atoms with Crippen molar-refractivity contribution in [2.24, 2.45) is 0 Å². The van der Waals surface area contributed by atoms with E-state index in [0.717, 1.165) is 16.4 Å². The van der Waals surface area contributed by atoms with E-state index >= 15 is 0 Å². The van der Waals surface area contributed by atoms with Crippen molar-refractivity contribution in [3.05, 3.63) is 21.3 Å². The number of halogens is 1. The van der Waals surface area contributed by atoms with E-state index in [-0.39, 0.29) is 12.1 Å². The van der Waals surface area contributed by atoms with Gasteiger partial charge in [0, 0.05) is 19.6 Å². The van der Waals surface area contributed by atoms with Gasteiger partial charge >= 0.3 is 6.09 Å². The number of thiophene rings is 1. The lowest BCUT2D eigenvalue weighted by molar-refractivity contribution is 0.0195. The standard InChI is InChI=1S/C13H19ClN2O2S/c1-13(2,3)18-12(17)16-5-4-15-10(7-16)9-6-11(14)19-8-9/h6,8,10,15H,4-5,7H2,1-3H3. The molecule has 2 rings (SSSR count). The average molecular weight is 303 g/mol. The molecule has 1 aromatic heterocycles. The van der Waals surface area contributed by atoms with Crippen molar-refractivity contribution in [1.82, 2.24) is 10.2 Å². The quantitative estimate of drug-likeness (QED) is 0.865.